The van der Waals surface area contributed by atoms with Gasteiger partial charge in [-0.15, -0.1) is 11.8 Å². The number of rotatable bonds is 11. The van der Waals surface area contributed by atoms with Gasteiger partial charge in [-0.2, -0.15) is 0 Å². The third kappa shape index (κ3) is 8.83. The highest BCUT2D eigenvalue weighted by molar-refractivity contribution is 7.99. The molecule has 0 saturated heterocycles. The predicted molar refractivity (Wildman–Crippen MR) is 157 cm³/mol. The van der Waals surface area contributed by atoms with Gasteiger partial charge in [-0.1, -0.05) is 88.9 Å². The molecule has 3 aromatic carbocycles. The Bertz CT molecular complexity index is 1200. The van der Waals surface area contributed by atoms with Crippen molar-refractivity contribution in [3.63, 3.8) is 0 Å². The summed E-state index contributed by atoms with van der Waals surface area (Å²) in [5, 5.41) is 4.80. The number of amides is 2. The summed E-state index contributed by atoms with van der Waals surface area (Å²) in [6.45, 7) is 3.89. The number of carbonyl (C=O) groups is 2. The highest BCUT2D eigenvalue weighted by Crippen LogP contribution is 2.28. The molecule has 0 bridgehead atoms. The summed E-state index contributed by atoms with van der Waals surface area (Å²) in [5.74, 6) is 0.290. The molecule has 0 heterocycles. The first-order valence-electron chi connectivity index (χ1n) is 11.7. The van der Waals surface area contributed by atoms with Crippen LogP contribution in [0.3, 0.4) is 0 Å². The third-order valence-corrected chi connectivity index (χ3v) is 8.01. The lowest BCUT2D eigenvalue weighted by Gasteiger charge is -2.32. The van der Waals surface area contributed by atoms with Crippen LogP contribution in [0.5, 0.6) is 0 Å². The molecule has 196 valence electrons. The van der Waals surface area contributed by atoms with E-state index in [1.54, 1.807) is 35.2 Å². The number of halogens is 4. The standard InChI is InChI=1S/C28H28Cl4N2O2S/c1-18(2)33-28(36)26(14-19-7-4-3-5-8-19)34(15-21-22(29)9-6-10-23(21)30)27(35)17-37-16-20-11-12-24(31)25(32)13-20/h3-13,18,26H,14-17H2,1-2H3,(H,33,36)/t26-/m0/s1. The number of benzene rings is 3. The van der Waals surface area contributed by atoms with Crippen LogP contribution in [-0.2, 0) is 28.3 Å². The van der Waals surface area contributed by atoms with Gasteiger partial charge in [-0.3, -0.25) is 9.59 Å². The van der Waals surface area contributed by atoms with Gasteiger partial charge in [0.1, 0.15) is 6.04 Å². The number of thioether (sulfide) groups is 1. The zero-order valence-electron chi connectivity index (χ0n) is 20.5. The molecule has 0 aliphatic rings. The van der Waals surface area contributed by atoms with E-state index in [0.717, 1.165) is 11.1 Å². The summed E-state index contributed by atoms with van der Waals surface area (Å²) in [5.41, 5.74) is 2.49. The summed E-state index contributed by atoms with van der Waals surface area (Å²) >= 11 is 26.5. The SMILES string of the molecule is CC(C)NC(=O)[C@H](Cc1ccccc1)N(Cc1c(Cl)cccc1Cl)C(=O)CSCc1ccc(Cl)c(Cl)c1. The topological polar surface area (TPSA) is 49.4 Å². The maximum atomic E-state index is 13.7. The smallest absolute Gasteiger partial charge is 0.243 e. The molecule has 1 atom stereocenters. The van der Waals surface area contributed by atoms with Crippen molar-refractivity contribution < 1.29 is 9.59 Å². The second-order valence-electron chi connectivity index (χ2n) is 8.83. The van der Waals surface area contributed by atoms with E-state index in [4.69, 9.17) is 46.4 Å². The fraction of sp³-hybridized carbons (Fsp3) is 0.286. The summed E-state index contributed by atoms with van der Waals surface area (Å²) in [4.78, 5) is 28.7. The lowest BCUT2D eigenvalue weighted by Crippen LogP contribution is -2.52. The average Bonchev–Trinajstić information content (AvgIpc) is 2.85. The molecule has 9 heteroatoms. The van der Waals surface area contributed by atoms with Gasteiger partial charge in [-0.05, 0) is 49.2 Å². The molecule has 0 spiro atoms. The summed E-state index contributed by atoms with van der Waals surface area (Å²) in [6, 6.07) is 19.4. The van der Waals surface area contributed by atoms with Crippen molar-refractivity contribution in [2.45, 2.75) is 44.6 Å². The summed E-state index contributed by atoms with van der Waals surface area (Å²) < 4.78 is 0. The molecule has 0 saturated carbocycles. The van der Waals surface area contributed by atoms with Gasteiger partial charge in [0.25, 0.3) is 0 Å². The highest BCUT2D eigenvalue weighted by atomic mass is 35.5. The molecule has 3 rings (SSSR count). The van der Waals surface area contributed by atoms with Gasteiger partial charge in [0, 0.05) is 40.4 Å². The minimum Gasteiger partial charge on any atom is -0.352 e. The zero-order valence-corrected chi connectivity index (χ0v) is 24.4. The van der Waals surface area contributed by atoms with E-state index < -0.39 is 6.04 Å². The fourth-order valence-corrected chi connectivity index (χ4v) is 5.45. The van der Waals surface area contributed by atoms with Gasteiger partial charge in [0.15, 0.2) is 0 Å². The van der Waals surface area contributed by atoms with Gasteiger partial charge in [0.05, 0.1) is 15.8 Å². The maximum absolute atomic E-state index is 13.7. The monoisotopic (exact) mass is 596 g/mol. The van der Waals surface area contributed by atoms with Gasteiger partial charge in [-0.25, -0.2) is 0 Å². The first-order chi connectivity index (χ1) is 17.7. The molecule has 0 aromatic heterocycles. The van der Waals surface area contributed by atoms with E-state index in [1.807, 2.05) is 50.2 Å². The van der Waals surface area contributed by atoms with Crippen LogP contribution in [0.15, 0.2) is 66.7 Å². The largest absolute Gasteiger partial charge is 0.352 e. The fourth-order valence-electron chi connectivity index (χ4n) is 3.76. The first kappa shape index (κ1) is 29.7. The van der Waals surface area contributed by atoms with Crippen LogP contribution >= 0.6 is 58.2 Å². The Kier molecular flexibility index (Phi) is 11.5. The Labute approximate surface area is 242 Å². The molecule has 0 radical (unpaired) electrons. The molecule has 0 aliphatic carbocycles. The van der Waals surface area contributed by atoms with Crippen molar-refractivity contribution in [1.82, 2.24) is 10.2 Å². The van der Waals surface area contributed by atoms with Crippen LogP contribution in [-0.4, -0.2) is 34.6 Å². The Morgan fingerprint density at radius 3 is 2.14 bits per heavy atom. The number of hydrogen-bond donors (Lipinski definition) is 1. The van der Waals surface area contributed by atoms with Crippen molar-refractivity contribution in [2.75, 3.05) is 5.75 Å². The molecule has 0 fully saturated rings. The zero-order chi connectivity index (χ0) is 26.9. The molecule has 37 heavy (non-hydrogen) atoms. The van der Waals surface area contributed by atoms with Crippen LogP contribution < -0.4 is 5.32 Å². The summed E-state index contributed by atoms with van der Waals surface area (Å²) in [7, 11) is 0. The minimum absolute atomic E-state index is 0.0874. The average molecular weight is 598 g/mol. The van der Waals surface area contributed by atoms with E-state index in [1.165, 1.54) is 11.8 Å². The normalized spacial score (nSPS) is 11.9. The molecule has 3 aromatic rings. The van der Waals surface area contributed by atoms with Crippen LogP contribution in [0.1, 0.15) is 30.5 Å². The molecule has 0 aliphatic heterocycles. The molecule has 4 nitrogen and oxygen atoms in total. The van der Waals surface area contributed by atoms with E-state index in [9.17, 15) is 9.59 Å². The van der Waals surface area contributed by atoms with Crippen LogP contribution in [0, 0.1) is 0 Å². The number of nitrogens with zero attached hydrogens (tertiary/aromatic N) is 1. The molecule has 1 N–H and O–H groups in total. The third-order valence-electron chi connectivity index (χ3n) is 5.57. The Balaban J connectivity index is 1.89. The second kappa shape index (κ2) is 14.3. The van der Waals surface area contributed by atoms with Gasteiger partial charge >= 0.3 is 0 Å². The Hall–Kier alpha value is -1.89. The quantitative estimate of drug-likeness (QED) is 0.246. The second-order valence-corrected chi connectivity index (χ2v) is 11.4. The van der Waals surface area contributed by atoms with E-state index in [-0.39, 0.29) is 30.2 Å². The van der Waals surface area contributed by atoms with Crippen molar-refractivity contribution in [3.05, 3.63) is 104 Å². The minimum atomic E-state index is -0.754. The molecule has 0 unspecified atom stereocenters. The van der Waals surface area contributed by atoms with Crippen LogP contribution in [0.25, 0.3) is 0 Å². The molecular weight excluding hydrogens is 570 g/mol. The molecular formula is C28H28Cl4N2O2S. The van der Waals surface area contributed by atoms with Crippen molar-refractivity contribution in [3.8, 4) is 0 Å². The van der Waals surface area contributed by atoms with Crippen molar-refractivity contribution in [2.24, 2.45) is 0 Å². The van der Waals surface area contributed by atoms with Gasteiger partial charge in [0.2, 0.25) is 11.8 Å². The first-order valence-corrected chi connectivity index (χ1v) is 14.4. The highest BCUT2D eigenvalue weighted by Gasteiger charge is 2.31. The Morgan fingerprint density at radius 1 is 0.838 bits per heavy atom. The number of nitrogens with one attached hydrogen (secondary N) is 1. The van der Waals surface area contributed by atoms with Crippen molar-refractivity contribution in [1.29, 1.82) is 0 Å². The lowest BCUT2D eigenvalue weighted by molar-refractivity contribution is -0.139. The Morgan fingerprint density at radius 2 is 1.51 bits per heavy atom. The maximum Gasteiger partial charge on any atom is 0.243 e. The van der Waals surface area contributed by atoms with E-state index in [2.05, 4.69) is 5.32 Å². The van der Waals surface area contributed by atoms with Crippen LogP contribution in [0.2, 0.25) is 20.1 Å². The molecule has 2 amide bonds. The van der Waals surface area contributed by atoms with E-state index in [0.29, 0.717) is 37.8 Å². The summed E-state index contributed by atoms with van der Waals surface area (Å²) in [6.07, 6.45) is 0.352. The van der Waals surface area contributed by atoms with Crippen LogP contribution in [0.4, 0.5) is 0 Å². The number of hydrogen-bond acceptors (Lipinski definition) is 3. The predicted octanol–water partition coefficient (Wildman–Crippen LogP) is 7.70. The van der Waals surface area contributed by atoms with Crippen molar-refractivity contribution >= 4 is 70.0 Å². The van der Waals surface area contributed by atoms with E-state index >= 15 is 0 Å². The lowest BCUT2D eigenvalue weighted by atomic mass is 10.0. The van der Waals surface area contributed by atoms with Gasteiger partial charge < -0.3 is 10.2 Å². The number of carbonyl (C=O) groups excluding carboxylic acids is 2.